The number of rotatable bonds is 8. The van der Waals surface area contributed by atoms with Crippen molar-refractivity contribution in [3.05, 3.63) is 23.8 Å². The highest BCUT2D eigenvalue weighted by atomic mass is 16.5. The first kappa shape index (κ1) is 15.4. The van der Waals surface area contributed by atoms with Crippen LogP contribution in [0.15, 0.2) is 18.2 Å². The molecule has 3 nitrogen and oxygen atoms in total. The molecule has 1 unspecified atom stereocenters. The van der Waals surface area contributed by atoms with Crippen molar-refractivity contribution in [3.8, 4) is 17.6 Å². The third-order valence-corrected chi connectivity index (χ3v) is 3.37. The van der Waals surface area contributed by atoms with Gasteiger partial charge in [-0.05, 0) is 18.1 Å². The van der Waals surface area contributed by atoms with Gasteiger partial charge in [-0.25, -0.2) is 0 Å². The van der Waals surface area contributed by atoms with E-state index in [0.29, 0.717) is 6.42 Å². The van der Waals surface area contributed by atoms with Crippen LogP contribution in [0.4, 0.5) is 0 Å². The number of unbranched alkanes of at least 4 members (excludes halogenated alkanes) is 2. The summed E-state index contributed by atoms with van der Waals surface area (Å²) >= 11 is 0. The van der Waals surface area contributed by atoms with Gasteiger partial charge >= 0.3 is 0 Å². The summed E-state index contributed by atoms with van der Waals surface area (Å²) in [5, 5.41) is 9.00. The van der Waals surface area contributed by atoms with Crippen molar-refractivity contribution in [2.75, 3.05) is 14.2 Å². The predicted molar refractivity (Wildman–Crippen MR) is 76.7 cm³/mol. The molecule has 0 radical (unpaired) electrons. The van der Waals surface area contributed by atoms with Crippen LogP contribution < -0.4 is 9.47 Å². The van der Waals surface area contributed by atoms with E-state index in [2.05, 4.69) is 13.0 Å². The van der Waals surface area contributed by atoms with Gasteiger partial charge in [0.15, 0.2) is 0 Å². The number of hydrogen-bond acceptors (Lipinski definition) is 3. The molecule has 0 heterocycles. The molecule has 0 N–H and O–H groups in total. The summed E-state index contributed by atoms with van der Waals surface area (Å²) < 4.78 is 10.6. The largest absolute Gasteiger partial charge is 0.497 e. The maximum absolute atomic E-state index is 9.00. The monoisotopic (exact) mass is 261 g/mol. The molecule has 0 saturated heterocycles. The van der Waals surface area contributed by atoms with Crippen LogP contribution in [-0.4, -0.2) is 14.2 Å². The Kier molecular flexibility index (Phi) is 6.81. The maximum atomic E-state index is 9.00. The number of nitriles is 1. The third kappa shape index (κ3) is 4.48. The molecule has 0 saturated carbocycles. The Morgan fingerprint density at radius 3 is 2.58 bits per heavy atom. The van der Waals surface area contributed by atoms with E-state index < -0.39 is 0 Å². The van der Waals surface area contributed by atoms with Crippen molar-refractivity contribution in [1.29, 1.82) is 5.26 Å². The van der Waals surface area contributed by atoms with Crippen LogP contribution in [0.2, 0.25) is 0 Å². The van der Waals surface area contributed by atoms with E-state index in [1.54, 1.807) is 14.2 Å². The molecule has 1 aromatic rings. The Bertz CT molecular complexity index is 423. The fourth-order valence-corrected chi connectivity index (χ4v) is 2.27. The third-order valence-electron chi connectivity index (χ3n) is 3.37. The Balaban J connectivity index is 2.91. The zero-order valence-electron chi connectivity index (χ0n) is 12.1. The van der Waals surface area contributed by atoms with E-state index in [0.717, 1.165) is 29.9 Å². The van der Waals surface area contributed by atoms with Crippen molar-refractivity contribution in [2.45, 2.75) is 44.9 Å². The first-order chi connectivity index (χ1) is 9.26. The first-order valence-corrected chi connectivity index (χ1v) is 6.85. The van der Waals surface area contributed by atoms with Gasteiger partial charge < -0.3 is 9.47 Å². The lowest BCUT2D eigenvalue weighted by Gasteiger charge is -2.18. The van der Waals surface area contributed by atoms with Crippen LogP contribution in [0.3, 0.4) is 0 Å². The highest BCUT2D eigenvalue weighted by molar-refractivity contribution is 5.43. The highest BCUT2D eigenvalue weighted by Crippen LogP contribution is 2.35. The normalized spacial score (nSPS) is 11.7. The van der Waals surface area contributed by atoms with E-state index in [-0.39, 0.29) is 5.92 Å². The van der Waals surface area contributed by atoms with Gasteiger partial charge in [0.25, 0.3) is 0 Å². The topological polar surface area (TPSA) is 42.2 Å². The molecule has 0 aliphatic carbocycles. The van der Waals surface area contributed by atoms with Crippen molar-refractivity contribution in [2.24, 2.45) is 0 Å². The Morgan fingerprint density at radius 1 is 1.21 bits per heavy atom. The van der Waals surface area contributed by atoms with Crippen molar-refractivity contribution < 1.29 is 9.47 Å². The predicted octanol–water partition coefficient (Wildman–Crippen LogP) is 4.28. The van der Waals surface area contributed by atoms with Crippen LogP contribution in [0.1, 0.15) is 50.5 Å². The SMILES string of the molecule is CCCCCC(CC#N)c1ccc(OC)cc1OC. The Labute approximate surface area is 116 Å². The van der Waals surface area contributed by atoms with Crippen molar-refractivity contribution in [3.63, 3.8) is 0 Å². The standard InChI is InChI=1S/C16H23NO2/c1-4-5-6-7-13(10-11-17)15-9-8-14(18-2)12-16(15)19-3/h8-9,12-13H,4-7,10H2,1-3H3. The van der Waals surface area contributed by atoms with E-state index >= 15 is 0 Å². The second kappa shape index (κ2) is 8.42. The summed E-state index contributed by atoms with van der Waals surface area (Å²) in [6.07, 6.45) is 5.12. The molecular formula is C16H23NO2. The fourth-order valence-electron chi connectivity index (χ4n) is 2.27. The van der Waals surface area contributed by atoms with Crippen LogP contribution in [-0.2, 0) is 0 Å². The van der Waals surface area contributed by atoms with Gasteiger partial charge in [0.2, 0.25) is 0 Å². The second-order valence-corrected chi connectivity index (χ2v) is 4.66. The first-order valence-electron chi connectivity index (χ1n) is 6.85. The van der Waals surface area contributed by atoms with Crippen LogP contribution in [0.5, 0.6) is 11.5 Å². The summed E-state index contributed by atoms with van der Waals surface area (Å²) in [6.45, 7) is 2.19. The molecule has 0 amide bonds. The summed E-state index contributed by atoms with van der Waals surface area (Å²) in [5.41, 5.74) is 1.11. The van der Waals surface area contributed by atoms with Gasteiger partial charge in [-0.15, -0.1) is 0 Å². The minimum absolute atomic E-state index is 0.248. The van der Waals surface area contributed by atoms with Crippen LogP contribution in [0.25, 0.3) is 0 Å². The molecule has 0 bridgehead atoms. The van der Waals surface area contributed by atoms with Gasteiger partial charge in [0.1, 0.15) is 11.5 Å². The number of nitrogens with zero attached hydrogens (tertiary/aromatic N) is 1. The Hall–Kier alpha value is -1.69. The highest BCUT2D eigenvalue weighted by Gasteiger charge is 2.16. The lowest BCUT2D eigenvalue weighted by atomic mass is 9.90. The molecule has 0 fully saturated rings. The molecule has 0 aliphatic rings. The zero-order chi connectivity index (χ0) is 14.1. The quantitative estimate of drug-likeness (QED) is 0.656. The Morgan fingerprint density at radius 2 is 2.00 bits per heavy atom. The van der Waals surface area contributed by atoms with Crippen LogP contribution >= 0.6 is 0 Å². The lowest BCUT2D eigenvalue weighted by molar-refractivity contribution is 0.386. The van der Waals surface area contributed by atoms with Crippen molar-refractivity contribution in [1.82, 2.24) is 0 Å². The summed E-state index contributed by atoms with van der Waals surface area (Å²) in [5.74, 6) is 1.85. The van der Waals surface area contributed by atoms with E-state index in [9.17, 15) is 0 Å². The molecule has 1 aromatic carbocycles. The number of hydrogen-bond donors (Lipinski definition) is 0. The average Bonchev–Trinajstić information content (AvgIpc) is 2.46. The fraction of sp³-hybridized carbons (Fsp3) is 0.562. The van der Waals surface area contributed by atoms with E-state index in [1.165, 1.54) is 12.8 Å². The molecule has 0 aliphatic heterocycles. The average molecular weight is 261 g/mol. The maximum Gasteiger partial charge on any atom is 0.126 e. The lowest BCUT2D eigenvalue weighted by Crippen LogP contribution is -2.02. The summed E-state index contributed by atoms with van der Waals surface area (Å²) in [4.78, 5) is 0. The van der Waals surface area contributed by atoms with Gasteiger partial charge in [-0.2, -0.15) is 5.26 Å². The van der Waals surface area contributed by atoms with E-state index in [4.69, 9.17) is 14.7 Å². The number of methoxy groups -OCH3 is 2. The molecule has 19 heavy (non-hydrogen) atoms. The molecule has 1 atom stereocenters. The minimum Gasteiger partial charge on any atom is -0.497 e. The van der Waals surface area contributed by atoms with Gasteiger partial charge in [-0.3, -0.25) is 0 Å². The van der Waals surface area contributed by atoms with Gasteiger partial charge in [0.05, 0.1) is 20.3 Å². The molecule has 0 spiro atoms. The summed E-state index contributed by atoms with van der Waals surface area (Å²) in [6, 6.07) is 8.13. The molecule has 104 valence electrons. The zero-order valence-corrected chi connectivity index (χ0v) is 12.1. The molecule has 3 heteroatoms. The second-order valence-electron chi connectivity index (χ2n) is 4.66. The number of benzene rings is 1. The molecular weight excluding hydrogens is 238 g/mol. The van der Waals surface area contributed by atoms with Crippen molar-refractivity contribution >= 4 is 0 Å². The molecule has 1 rings (SSSR count). The van der Waals surface area contributed by atoms with E-state index in [1.807, 2.05) is 18.2 Å². The number of ether oxygens (including phenoxy) is 2. The van der Waals surface area contributed by atoms with Gasteiger partial charge in [0, 0.05) is 18.4 Å². The minimum atomic E-state index is 0.248. The van der Waals surface area contributed by atoms with Crippen LogP contribution in [0, 0.1) is 11.3 Å². The molecule has 0 aromatic heterocycles. The summed E-state index contributed by atoms with van der Waals surface area (Å²) in [7, 11) is 3.30. The van der Waals surface area contributed by atoms with Gasteiger partial charge in [-0.1, -0.05) is 32.3 Å². The smallest absolute Gasteiger partial charge is 0.126 e.